The molecule has 1 aliphatic rings. The summed E-state index contributed by atoms with van der Waals surface area (Å²) in [6.07, 6.45) is 2.52. The van der Waals surface area contributed by atoms with Crippen LogP contribution >= 0.6 is 15.9 Å². The van der Waals surface area contributed by atoms with Crippen LogP contribution in [0.15, 0.2) is 53.0 Å². The Bertz CT molecular complexity index is 570. The third-order valence-electron chi connectivity index (χ3n) is 4.17. The van der Waals surface area contributed by atoms with Crippen molar-refractivity contribution in [2.45, 2.75) is 38.3 Å². The van der Waals surface area contributed by atoms with Crippen LogP contribution in [0, 0.1) is 6.92 Å². The summed E-state index contributed by atoms with van der Waals surface area (Å²) in [5.74, 6) is 0.746. The van der Waals surface area contributed by atoms with Gasteiger partial charge in [-0.15, -0.1) is 0 Å². The first-order valence-corrected chi connectivity index (χ1v) is 8.04. The van der Waals surface area contributed by atoms with Gasteiger partial charge in [-0.1, -0.05) is 57.9 Å². The average Bonchev–Trinajstić information content (AvgIpc) is 2.39. The van der Waals surface area contributed by atoms with Crippen molar-refractivity contribution in [2.24, 2.45) is 0 Å². The van der Waals surface area contributed by atoms with Gasteiger partial charge in [-0.3, -0.25) is 0 Å². The van der Waals surface area contributed by atoms with Gasteiger partial charge in [0.1, 0.15) is 0 Å². The second-order valence-electron chi connectivity index (χ2n) is 5.79. The van der Waals surface area contributed by atoms with Crippen molar-refractivity contribution in [1.29, 1.82) is 0 Å². The van der Waals surface area contributed by atoms with Gasteiger partial charge in [0, 0.05) is 17.1 Å². The van der Waals surface area contributed by atoms with Gasteiger partial charge in [-0.05, 0) is 48.9 Å². The van der Waals surface area contributed by atoms with E-state index in [2.05, 4.69) is 76.7 Å². The molecule has 0 unspecified atom stereocenters. The normalized spacial score (nSPS) is 21.5. The summed E-state index contributed by atoms with van der Waals surface area (Å²) in [5.41, 5.74) is 4.19. The zero-order valence-corrected chi connectivity index (χ0v) is 13.4. The Kier molecular flexibility index (Phi) is 4.23. The van der Waals surface area contributed by atoms with E-state index in [4.69, 9.17) is 0 Å². The smallest absolute Gasteiger partial charge is 0.0208 e. The van der Waals surface area contributed by atoms with Crippen LogP contribution < -0.4 is 5.32 Å². The fourth-order valence-corrected chi connectivity index (χ4v) is 3.25. The lowest BCUT2D eigenvalue weighted by atomic mass is 9.75. The van der Waals surface area contributed by atoms with E-state index < -0.39 is 0 Å². The lowest BCUT2D eigenvalue weighted by Gasteiger charge is -2.36. The van der Waals surface area contributed by atoms with Gasteiger partial charge in [0.15, 0.2) is 0 Å². The van der Waals surface area contributed by atoms with Gasteiger partial charge >= 0.3 is 0 Å². The van der Waals surface area contributed by atoms with E-state index in [1.165, 1.54) is 29.5 Å². The monoisotopic (exact) mass is 329 g/mol. The molecule has 1 nitrogen and oxygen atoms in total. The van der Waals surface area contributed by atoms with Crippen LogP contribution in [0.4, 0.5) is 0 Å². The van der Waals surface area contributed by atoms with Gasteiger partial charge in [0.2, 0.25) is 0 Å². The Morgan fingerprint density at radius 1 is 1.10 bits per heavy atom. The maximum Gasteiger partial charge on any atom is 0.0208 e. The van der Waals surface area contributed by atoms with E-state index in [0.29, 0.717) is 6.04 Å². The van der Waals surface area contributed by atoms with Crippen LogP contribution in [0.2, 0.25) is 0 Å². The summed E-state index contributed by atoms with van der Waals surface area (Å²) in [5, 5.41) is 3.65. The molecule has 1 saturated carbocycles. The minimum absolute atomic E-state index is 0.667. The van der Waals surface area contributed by atoms with Crippen molar-refractivity contribution < 1.29 is 0 Å². The molecule has 20 heavy (non-hydrogen) atoms. The van der Waals surface area contributed by atoms with Crippen LogP contribution in [0.1, 0.15) is 35.4 Å². The number of hydrogen-bond acceptors (Lipinski definition) is 1. The van der Waals surface area contributed by atoms with Crippen LogP contribution in [0.3, 0.4) is 0 Å². The highest BCUT2D eigenvalue weighted by atomic mass is 79.9. The van der Waals surface area contributed by atoms with Gasteiger partial charge < -0.3 is 5.32 Å². The second-order valence-corrected chi connectivity index (χ2v) is 6.70. The van der Waals surface area contributed by atoms with Crippen molar-refractivity contribution >= 4 is 15.9 Å². The first kappa shape index (κ1) is 13.8. The predicted octanol–water partition coefficient (Wildman–Crippen LogP) is 4.79. The molecule has 2 aromatic rings. The highest BCUT2D eigenvalue weighted by Gasteiger charge is 2.29. The molecule has 2 heteroatoms. The number of benzene rings is 2. The molecule has 0 bridgehead atoms. The van der Waals surface area contributed by atoms with Crippen molar-refractivity contribution in [3.8, 4) is 0 Å². The largest absolute Gasteiger partial charge is 0.310 e. The number of halogens is 1. The summed E-state index contributed by atoms with van der Waals surface area (Å²) in [7, 11) is 0. The van der Waals surface area contributed by atoms with E-state index in [1.54, 1.807) is 0 Å². The van der Waals surface area contributed by atoms with E-state index in [0.717, 1.165) is 16.9 Å². The summed E-state index contributed by atoms with van der Waals surface area (Å²) in [6, 6.07) is 18.2. The zero-order valence-electron chi connectivity index (χ0n) is 11.8. The van der Waals surface area contributed by atoms with E-state index in [9.17, 15) is 0 Å². The van der Waals surface area contributed by atoms with Crippen molar-refractivity contribution in [3.05, 3.63) is 69.7 Å². The van der Waals surface area contributed by atoms with Crippen molar-refractivity contribution in [2.75, 3.05) is 0 Å². The second kappa shape index (κ2) is 6.11. The molecule has 3 rings (SSSR count). The molecule has 0 aliphatic heterocycles. The fourth-order valence-electron chi connectivity index (χ4n) is 2.80. The van der Waals surface area contributed by atoms with Gasteiger partial charge in [-0.2, -0.15) is 0 Å². The third kappa shape index (κ3) is 3.31. The molecule has 0 aromatic heterocycles. The number of aryl methyl sites for hydroxylation is 1. The lowest BCUT2D eigenvalue weighted by molar-refractivity contribution is 0.289. The molecule has 0 heterocycles. The molecule has 0 amide bonds. The molecule has 1 fully saturated rings. The number of hydrogen-bond donors (Lipinski definition) is 1. The van der Waals surface area contributed by atoms with Gasteiger partial charge in [0.25, 0.3) is 0 Å². The quantitative estimate of drug-likeness (QED) is 0.850. The molecular formula is C18H20BrN. The first-order chi connectivity index (χ1) is 9.70. The Labute approximate surface area is 129 Å². The number of rotatable bonds is 4. The maximum atomic E-state index is 3.65. The van der Waals surface area contributed by atoms with Gasteiger partial charge in [-0.25, -0.2) is 0 Å². The lowest BCUT2D eigenvalue weighted by Crippen LogP contribution is -2.39. The molecule has 0 atom stereocenters. The molecule has 1 N–H and O–H groups in total. The summed E-state index contributed by atoms with van der Waals surface area (Å²) < 4.78 is 1.16. The summed E-state index contributed by atoms with van der Waals surface area (Å²) in [4.78, 5) is 0. The van der Waals surface area contributed by atoms with E-state index >= 15 is 0 Å². The minimum Gasteiger partial charge on any atom is -0.310 e. The topological polar surface area (TPSA) is 12.0 Å². The Morgan fingerprint density at radius 2 is 1.85 bits per heavy atom. The maximum absolute atomic E-state index is 3.65. The molecule has 104 valence electrons. The predicted molar refractivity (Wildman–Crippen MR) is 87.9 cm³/mol. The molecule has 0 radical (unpaired) electrons. The van der Waals surface area contributed by atoms with Crippen LogP contribution in [-0.4, -0.2) is 6.04 Å². The highest BCUT2D eigenvalue weighted by molar-refractivity contribution is 9.10. The van der Waals surface area contributed by atoms with Gasteiger partial charge in [0.05, 0.1) is 0 Å². The molecule has 0 saturated heterocycles. The SMILES string of the molecule is Cc1ccc(C2CC(NCc3cccc(Br)c3)C2)cc1. The Balaban J connectivity index is 1.48. The van der Waals surface area contributed by atoms with Crippen molar-refractivity contribution in [1.82, 2.24) is 5.32 Å². The number of nitrogens with one attached hydrogen (secondary N) is 1. The van der Waals surface area contributed by atoms with Crippen LogP contribution in [-0.2, 0) is 6.54 Å². The Morgan fingerprint density at radius 3 is 2.55 bits per heavy atom. The fraction of sp³-hybridized carbons (Fsp3) is 0.333. The molecule has 0 spiro atoms. The third-order valence-corrected chi connectivity index (χ3v) is 4.66. The van der Waals surface area contributed by atoms with E-state index in [-0.39, 0.29) is 0 Å². The summed E-state index contributed by atoms with van der Waals surface area (Å²) >= 11 is 3.52. The zero-order chi connectivity index (χ0) is 13.9. The van der Waals surface area contributed by atoms with Crippen molar-refractivity contribution in [3.63, 3.8) is 0 Å². The molecule has 2 aromatic carbocycles. The van der Waals surface area contributed by atoms with Crippen LogP contribution in [0.25, 0.3) is 0 Å². The molecular weight excluding hydrogens is 310 g/mol. The average molecular weight is 330 g/mol. The first-order valence-electron chi connectivity index (χ1n) is 7.25. The minimum atomic E-state index is 0.667. The highest BCUT2D eigenvalue weighted by Crippen LogP contribution is 2.37. The van der Waals surface area contributed by atoms with E-state index in [1.807, 2.05) is 0 Å². The molecule has 1 aliphatic carbocycles. The standard InChI is InChI=1S/C18H20BrN/c1-13-5-7-15(8-6-13)16-10-18(11-16)20-12-14-3-2-4-17(19)9-14/h2-9,16,18,20H,10-12H2,1H3. The summed E-state index contributed by atoms with van der Waals surface area (Å²) in [6.45, 7) is 3.11. The van der Waals surface area contributed by atoms with Crippen LogP contribution in [0.5, 0.6) is 0 Å². The Hall–Kier alpha value is -1.12.